The van der Waals surface area contributed by atoms with Crippen LogP contribution in [-0.4, -0.2) is 24.5 Å². The van der Waals surface area contributed by atoms with Gasteiger partial charge in [-0.2, -0.15) is 0 Å². The molecule has 5 heteroatoms. The second-order valence-corrected chi connectivity index (χ2v) is 4.67. The molecule has 0 aromatic heterocycles. The normalized spacial score (nSPS) is 15.7. The third-order valence-corrected chi connectivity index (χ3v) is 3.12. The summed E-state index contributed by atoms with van der Waals surface area (Å²) in [5, 5.41) is 3.80. The van der Waals surface area contributed by atoms with E-state index >= 15 is 0 Å². The first-order chi connectivity index (χ1) is 9.11. The maximum atomic E-state index is 12.1. The Hall–Kier alpha value is -1.88. The van der Waals surface area contributed by atoms with Crippen molar-refractivity contribution in [2.24, 2.45) is 11.7 Å². The number of ether oxygens (including phenoxy) is 1. The lowest BCUT2D eigenvalue weighted by molar-refractivity contribution is -0.118. The Bertz CT molecular complexity index is 483. The molecule has 0 saturated heterocycles. The number of carbonyl (C=O) groups is 2. The average molecular weight is 261 g/mol. The molecule has 1 radical (unpaired) electrons. The van der Waals surface area contributed by atoms with Crippen molar-refractivity contribution in [1.82, 2.24) is 5.32 Å². The van der Waals surface area contributed by atoms with Gasteiger partial charge in [0, 0.05) is 0 Å². The summed E-state index contributed by atoms with van der Waals surface area (Å²) in [6.07, 6.45) is 2.11. The van der Waals surface area contributed by atoms with Gasteiger partial charge in [-0.05, 0) is 37.8 Å². The summed E-state index contributed by atoms with van der Waals surface area (Å²) in [4.78, 5) is 23.3. The first-order valence-electron chi connectivity index (χ1n) is 6.36. The molecule has 0 aliphatic heterocycles. The highest BCUT2D eigenvalue weighted by atomic mass is 16.5. The molecule has 1 atom stereocenters. The van der Waals surface area contributed by atoms with Crippen molar-refractivity contribution >= 4 is 17.6 Å². The molecule has 0 bridgehead atoms. The van der Waals surface area contributed by atoms with Crippen molar-refractivity contribution in [3.05, 3.63) is 29.8 Å². The van der Waals surface area contributed by atoms with Crippen LogP contribution in [0.4, 0.5) is 5.69 Å². The van der Waals surface area contributed by atoms with Crippen LogP contribution in [0, 0.1) is 5.92 Å². The minimum Gasteiger partial charge on any atom is -0.459 e. The molecule has 1 aromatic carbocycles. The van der Waals surface area contributed by atoms with Crippen LogP contribution >= 0.6 is 0 Å². The number of amides is 1. The third-order valence-electron chi connectivity index (χ3n) is 3.12. The Kier molecular flexibility index (Phi) is 4.16. The molecule has 0 spiro atoms. The molecule has 5 nitrogen and oxygen atoms in total. The van der Waals surface area contributed by atoms with Crippen molar-refractivity contribution < 1.29 is 14.3 Å². The Morgan fingerprint density at radius 1 is 1.42 bits per heavy atom. The monoisotopic (exact) mass is 261 g/mol. The molecular formula is C14H17N2O3. The highest BCUT2D eigenvalue weighted by Gasteiger charge is 2.31. The molecule has 1 aliphatic carbocycles. The Morgan fingerprint density at radius 3 is 2.74 bits per heavy atom. The van der Waals surface area contributed by atoms with Gasteiger partial charge in [0.15, 0.2) is 0 Å². The van der Waals surface area contributed by atoms with Crippen LogP contribution in [0.2, 0.25) is 0 Å². The molecule has 2 rings (SSSR count). The van der Waals surface area contributed by atoms with E-state index in [-0.39, 0.29) is 12.6 Å². The first-order valence-corrected chi connectivity index (χ1v) is 6.36. The highest BCUT2D eigenvalue weighted by Crippen LogP contribution is 2.34. The maximum absolute atomic E-state index is 12.1. The van der Waals surface area contributed by atoms with Crippen LogP contribution in [0.25, 0.3) is 0 Å². The van der Waals surface area contributed by atoms with E-state index in [1.165, 1.54) is 0 Å². The number of nitrogens with zero attached hydrogens (tertiary/aromatic N) is 1. The van der Waals surface area contributed by atoms with Gasteiger partial charge in [-0.15, -0.1) is 0 Å². The fourth-order valence-electron chi connectivity index (χ4n) is 1.82. The molecule has 19 heavy (non-hydrogen) atoms. The number of carbonyl (C=O) groups excluding carboxylic acids is 2. The molecule has 1 amide bonds. The van der Waals surface area contributed by atoms with E-state index in [0.29, 0.717) is 17.2 Å². The Morgan fingerprint density at radius 2 is 2.11 bits per heavy atom. The van der Waals surface area contributed by atoms with Crippen LogP contribution < -0.4 is 11.1 Å². The zero-order chi connectivity index (χ0) is 13.8. The number of rotatable bonds is 5. The molecule has 1 saturated carbocycles. The van der Waals surface area contributed by atoms with Gasteiger partial charge in [0.25, 0.3) is 5.91 Å². The molecular weight excluding hydrogens is 244 g/mol. The van der Waals surface area contributed by atoms with Crippen LogP contribution in [0.3, 0.4) is 0 Å². The summed E-state index contributed by atoms with van der Waals surface area (Å²) in [5.74, 6) is -0.433. The minimum absolute atomic E-state index is 0.0919. The number of esters is 1. The molecule has 2 N–H and O–H groups in total. The van der Waals surface area contributed by atoms with Gasteiger partial charge >= 0.3 is 5.97 Å². The van der Waals surface area contributed by atoms with E-state index in [4.69, 9.17) is 10.5 Å². The summed E-state index contributed by atoms with van der Waals surface area (Å²) in [7, 11) is 0. The third kappa shape index (κ3) is 3.54. The average Bonchev–Trinajstić information content (AvgIpc) is 3.23. The Balaban J connectivity index is 2.09. The molecule has 1 unspecified atom stereocenters. The summed E-state index contributed by atoms with van der Waals surface area (Å²) in [6, 6.07) is 6.63. The highest BCUT2D eigenvalue weighted by molar-refractivity contribution is 5.97. The lowest BCUT2D eigenvalue weighted by atomic mass is 10.1. The van der Waals surface area contributed by atoms with E-state index in [1.54, 1.807) is 24.3 Å². The smallest absolute Gasteiger partial charge is 0.340 e. The van der Waals surface area contributed by atoms with Crippen molar-refractivity contribution in [2.75, 3.05) is 6.54 Å². The summed E-state index contributed by atoms with van der Waals surface area (Å²) in [5.41, 5.74) is 5.83. The van der Waals surface area contributed by atoms with Crippen LogP contribution in [0.1, 0.15) is 30.1 Å². The number of nitrogens with two attached hydrogens (primary N) is 1. The SMILES string of the molecule is CC(OC(=O)c1ccccc1[N]C(=O)CN)C1CC1. The second-order valence-electron chi connectivity index (χ2n) is 4.67. The van der Waals surface area contributed by atoms with Gasteiger partial charge in [-0.25, -0.2) is 10.1 Å². The maximum Gasteiger partial charge on any atom is 0.340 e. The lowest BCUT2D eigenvalue weighted by Crippen LogP contribution is -2.23. The zero-order valence-electron chi connectivity index (χ0n) is 10.8. The molecule has 101 valence electrons. The van der Waals surface area contributed by atoms with Crippen LogP contribution in [-0.2, 0) is 9.53 Å². The molecule has 0 heterocycles. The van der Waals surface area contributed by atoms with Crippen LogP contribution in [0.15, 0.2) is 24.3 Å². The topological polar surface area (TPSA) is 83.5 Å². The molecule has 1 aromatic rings. The summed E-state index contributed by atoms with van der Waals surface area (Å²) in [6.45, 7) is 1.71. The van der Waals surface area contributed by atoms with Crippen molar-refractivity contribution in [3.8, 4) is 0 Å². The first kappa shape index (κ1) is 13.5. The van der Waals surface area contributed by atoms with E-state index in [2.05, 4.69) is 5.32 Å². The number of hydrogen-bond donors (Lipinski definition) is 1. The minimum atomic E-state index is -0.463. The fraction of sp³-hybridized carbons (Fsp3) is 0.429. The zero-order valence-corrected chi connectivity index (χ0v) is 10.8. The van der Waals surface area contributed by atoms with Gasteiger partial charge in [-0.1, -0.05) is 12.1 Å². The van der Waals surface area contributed by atoms with Gasteiger partial charge in [0.05, 0.1) is 17.8 Å². The number of hydrogen-bond acceptors (Lipinski definition) is 4. The molecule has 1 aliphatic rings. The van der Waals surface area contributed by atoms with Crippen molar-refractivity contribution in [1.29, 1.82) is 0 Å². The second kappa shape index (κ2) is 5.84. The van der Waals surface area contributed by atoms with Gasteiger partial charge < -0.3 is 10.5 Å². The standard InChI is InChI=1S/C14H17N2O3/c1-9(10-6-7-10)19-14(18)11-4-2-3-5-12(11)16-13(17)8-15/h2-5,9-10H,6-8,15H2,1H3. The fourth-order valence-corrected chi connectivity index (χ4v) is 1.82. The predicted molar refractivity (Wildman–Crippen MR) is 69.9 cm³/mol. The predicted octanol–water partition coefficient (Wildman–Crippen LogP) is 1.36. The van der Waals surface area contributed by atoms with Crippen LogP contribution in [0.5, 0.6) is 0 Å². The number of benzene rings is 1. The van der Waals surface area contributed by atoms with E-state index < -0.39 is 11.9 Å². The van der Waals surface area contributed by atoms with Gasteiger partial charge in [0.2, 0.25) is 0 Å². The van der Waals surface area contributed by atoms with Crippen molar-refractivity contribution in [3.63, 3.8) is 0 Å². The lowest BCUT2D eigenvalue weighted by Gasteiger charge is -2.13. The quantitative estimate of drug-likeness (QED) is 0.811. The van der Waals surface area contributed by atoms with Crippen molar-refractivity contribution in [2.45, 2.75) is 25.9 Å². The molecule has 1 fully saturated rings. The Labute approximate surface area is 112 Å². The number of para-hydroxylation sites is 1. The summed E-state index contributed by atoms with van der Waals surface area (Å²) >= 11 is 0. The van der Waals surface area contributed by atoms with E-state index in [0.717, 1.165) is 12.8 Å². The van der Waals surface area contributed by atoms with E-state index in [9.17, 15) is 9.59 Å². The van der Waals surface area contributed by atoms with Gasteiger partial charge in [0.1, 0.15) is 6.10 Å². The summed E-state index contributed by atoms with van der Waals surface area (Å²) < 4.78 is 5.37. The van der Waals surface area contributed by atoms with E-state index in [1.807, 2.05) is 6.92 Å². The largest absolute Gasteiger partial charge is 0.459 e. The van der Waals surface area contributed by atoms with Gasteiger partial charge in [-0.3, -0.25) is 4.79 Å².